The first-order valence-corrected chi connectivity index (χ1v) is 11.8. The molecule has 0 radical (unpaired) electrons. The zero-order valence-electron chi connectivity index (χ0n) is 20.3. The van der Waals surface area contributed by atoms with Gasteiger partial charge in [-0.3, -0.25) is 14.2 Å². The van der Waals surface area contributed by atoms with Crippen LogP contribution in [0.2, 0.25) is 0 Å². The molecule has 0 N–H and O–H groups in total. The predicted octanol–water partition coefficient (Wildman–Crippen LogP) is 5.54. The van der Waals surface area contributed by atoms with Gasteiger partial charge in [0.05, 0.1) is 22.6 Å². The summed E-state index contributed by atoms with van der Waals surface area (Å²) in [7, 11) is 0. The molecule has 0 bridgehead atoms. The van der Waals surface area contributed by atoms with Gasteiger partial charge in [0.2, 0.25) is 5.91 Å². The third-order valence-corrected chi connectivity index (χ3v) is 6.50. The number of carbonyl (C=O) groups excluding carboxylic acids is 1. The minimum absolute atomic E-state index is 0.0393. The van der Waals surface area contributed by atoms with Crippen LogP contribution in [0.4, 0.5) is 0 Å². The lowest BCUT2D eigenvalue weighted by Gasteiger charge is -2.30. The third-order valence-electron chi connectivity index (χ3n) is 6.50. The predicted molar refractivity (Wildman–Crippen MR) is 137 cm³/mol. The van der Waals surface area contributed by atoms with Crippen molar-refractivity contribution in [3.05, 3.63) is 106 Å². The molecule has 0 spiro atoms. The Hall–Kier alpha value is -3.73. The first-order valence-electron chi connectivity index (χ1n) is 11.8. The molecule has 4 rings (SSSR count). The maximum atomic E-state index is 13.7. The van der Waals surface area contributed by atoms with E-state index in [9.17, 15) is 9.59 Å². The molecule has 5 heteroatoms. The second-order valence-corrected chi connectivity index (χ2v) is 8.75. The summed E-state index contributed by atoms with van der Waals surface area (Å²) in [5.74, 6) is 0.610. The number of amides is 1. The molecule has 0 aliphatic carbocycles. The first-order chi connectivity index (χ1) is 16.4. The van der Waals surface area contributed by atoms with Crippen molar-refractivity contribution >= 4 is 16.8 Å². The number of aromatic nitrogens is 2. The van der Waals surface area contributed by atoms with E-state index in [0.29, 0.717) is 29.7 Å². The Bertz CT molecular complexity index is 1380. The van der Waals surface area contributed by atoms with Crippen LogP contribution in [0.3, 0.4) is 0 Å². The summed E-state index contributed by atoms with van der Waals surface area (Å²) in [5, 5.41) is 0.564. The van der Waals surface area contributed by atoms with Gasteiger partial charge in [0.1, 0.15) is 5.82 Å². The molecule has 0 fully saturated rings. The van der Waals surface area contributed by atoms with Gasteiger partial charge in [0.25, 0.3) is 5.56 Å². The van der Waals surface area contributed by atoms with Crippen LogP contribution in [0, 0.1) is 13.8 Å². The summed E-state index contributed by atoms with van der Waals surface area (Å²) < 4.78 is 1.68. The van der Waals surface area contributed by atoms with Gasteiger partial charge in [-0.05, 0) is 68.1 Å². The van der Waals surface area contributed by atoms with E-state index >= 15 is 0 Å². The van der Waals surface area contributed by atoms with Crippen molar-refractivity contribution in [1.82, 2.24) is 14.5 Å². The van der Waals surface area contributed by atoms with Crippen molar-refractivity contribution in [1.29, 1.82) is 0 Å². The van der Waals surface area contributed by atoms with E-state index in [1.807, 2.05) is 80.3 Å². The number of para-hydroxylation sites is 1. The van der Waals surface area contributed by atoms with Crippen LogP contribution in [0.5, 0.6) is 0 Å². The highest BCUT2D eigenvalue weighted by Crippen LogP contribution is 2.25. The van der Waals surface area contributed by atoms with Crippen molar-refractivity contribution < 1.29 is 4.79 Å². The molecule has 0 saturated heterocycles. The number of benzene rings is 3. The number of hydrogen-bond donors (Lipinski definition) is 0. The molecule has 1 amide bonds. The van der Waals surface area contributed by atoms with E-state index in [1.54, 1.807) is 10.6 Å². The molecular weight excluding hydrogens is 422 g/mol. The van der Waals surface area contributed by atoms with E-state index in [4.69, 9.17) is 4.98 Å². The van der Waals surface area contributed by atoms with Crippen LogP contribution in [-0.4, -0.2) is 26.9 Å². The van der Waals surface area contributed by atoms with Gasteiger partial charge in [-0.1, -0.05) is 55.5 Å². The van der Waals surface area contributed by atoms with Gasteiger partial charge in [-0.15, -0.1) is 0 Å². The number of aryl methyl sites for hydroxylation is 2. The minimum Gasteiger partial charge on any atom is -0.332 e. The fraction of sp³-hybridized carbons (Fsp3) is 0.276. The zero-order valence-corrected chi connectivity index (χ0v) is 20.3. The second kappa shape index (κ2) is 10.0. The Labute approximate surface area is 200 Å². The van der Waals surface area contributed by atoms with Crippen LogP contribution < -0.4 is 5.56 Å². The summed E-state index contributed by atoms with van der Waals surface area (Å²) >= 11 is 0. The van der Waals surface area contributed by atoms with E-state index in [0.717, 1.165) is 23.2 Å². The minimum atomic E-state index is -0.380. The first kappa shape index (κ1) is 23.4. The number of fused-ring (bicyclic) bond motifs is 1. The number of rotatable bonds is 7. The number of hydrogen-bond acceptors (Lipinski definition) is 3. The molecule has 1 atom stereocenters. The molecule has 5 nitrogen and oxygen atoms in total. The van der Waals surface area contributed by atoms with Crippen LogP contribution >= 0.6 is 0 Å². The normalized spacial score (nSPS) is 12.0. The lowest BCUT2D eigenvalue weighted by Crippen LogP contribution is -2.38. The summed E-state index contributed by atoms with van der Waals surface area (Å²) in [6.07, 6.45) is 1.12. The van der Waals surface area contributed by atoms with Crippen LogP contribution in [0.15, 0.2) is 77.6 Å². The maximum absolute atomic E-state index is 13.7. The standard InChI is InChI=1S/C29H31N3O2/c1-5-27(33)31(18-17-23-11-7-6-8-12-23)22(4)28-30-26-14-10-9-13-25(26)29(34)32(28)24-16-15-20(2)21(3)19-24/h6-16,19,22H,5,17-18H2,1-4H3. The average molecular weight is 454 g/mol. The number of carbonyl (C=O) groups is 1. The molecule has 1 heterocycles. The van der Waals surface area contributed by atoms with Crippen molar-refractivity contribution in [3.63, 3.8) is 0 Å². The Morgan fingerprint density at radius 3 is 2.38 bits per heavy atom. The molecule has 1 aromatic heterocycles. The molecule has 1 unspecified atom stereocenters. The molecule has 0 saturated carbocycles. The SMILES string of the molecule is CCC(=O)N(CCc1ccccc1)C(C)c1nc2ccccc2c(=O)n1-c1ccc(C)c(C)c1. The Balaban J connectivity index is 1.85. The Morgan fingerprint density at radius 2 is 1.68 bits per heavy atom. The third kappa shape index (κ3) is 4.65. The van der Waals surface area contributed by atoms with Gasteiger partial charge in [0, 0.05) is 13.0 Å². The van der Waals surface area contributed by atoms with Gasteiger partial charge in [0.15, 0.2) is 0 Å². The maximum Gasteiger partial charge on any atom is 0.266 e. The van der Waals surface area contributed by atoms with Gasteiger partial charge in [-0.25, -0.2) is 4.98 Å². The lowest BCUT2D eigenvalue weighted by atomic mass is 10.1. The second-order valence-electron chi connectivity index (χ2n) is 8.75. The van der Waals surface area contributed by atoms with Crippen LogP contribution in [0.1, 0.15) is 48.8 Å². The highest BCUT2D eigenvalue weighted by molar-refractivity contribution is 5.79. The largest absolute Gasteiger partial charge is 0.332 e. The summed E-state index contributed by atoms with van der Waals surface area (Å²) in [6.45, 7) is 8.47. The van der Waals surface area contributed by atoms with E-state index < -0.39 is 0 Å². The quantitative estimate of drug-likeness (QED) is 0.369. The summed E-state index contributed by atoms with van der Waals surface area (Å²) in [6, 6.07) is 23.1. The van der Waals surface area contributed by atoms with E-state index in [1.165, 1.54) is 5.56 Å². The Morgan fingerprint density at radius 1 is 0.971 bits per heavy atom. The van der Waals surface area contributed by atoms with Gasteiger partial charge >= 0.3 is 0 Å². The smallest absolute Gasteiger partial charge is 0.266 e. The van der Waals surface area contributed by atoms with Gasteiger partial charge in [-0.2, -0.15) is 0 Å². The fourth-order valence-electron chi connectivity index (χ4n) is 4.32. The average Bonchev–Trinajstić information content (AvgIpc) is 2.86. The molecule has 0 aliphatic heterocycles. The molecule has 174 valence electrons. The molecular formula is C29H31N3O2. The topological polar surface area (TPSA) is 55.2 Å². The van der Waals surface area contributed by atoms with Crippen LogP contribution in [-0.2, 0) is 11.2 Å². The number of nitrogens with zero attached hydrogens (tertiary/aromatic N) is 3. The molecule has 34 heavy (non-hydrogen) atoms. The van der Waals surface area contributed by atoms with E-state index in [2.05, 4.69) is 19.1 Å². The van der Waals surface area contributed by atoms with Crippen molar-refractivity contribution in [2.75, 3.05) is 6.54 Å². The Kier molecular flexibility index (Phi) is 6.92. The highest BCUT2D eigenvalue weighted by Gasteiger charge is 2.26. The van der Waals surface area contributed by atoms with Crippen molar-refractivity contribution in [3.8, 4) is 5.69 Å². The van der Waals surface area contributed by atoms with Crippen molar-refractivity contribution in [2.45, 2.75) is 46.6 Å². The molecule has 3 aromatic carbocycles. The lowest BCUT2D eigenvalue weighted by molar-refractivity contribution is -0.133. The van der Waals surface area contributed by atoms with E-state index in [-0.39, 0.29) is 17.5 Å². The highest BCUT2D eigenvalue weighted by atomic mass is 16.2. The zero-order chi connectivity index (χ0) is 24.2. The fourth-order valence-corrected chi connectivity index (χ4v) is 4.32. The molecule has 0 aliphatic rings. The summed E-state index contributed by atoms with van der Waals surface area (Å²) in [4.78, 5) is 33.5. The molecule has 4 aromatic rings. The van der Waals surface area contributed by atoms with Crippen LogP contribution in [0.25, 0.3) is 16.6 Å². The monoisotopic (exact) mass is 453 g/mol. The van der Waals surface area contributed by atoms with Gasteiger partial charge < -0.3 is 4.90 Å². The van der Waals surface area contributed by atoms with Crippen molar-refractivity contribution in [2.24, 2.45) is 0 Å². The summed E-state index contributed by atoms with van der Waals surface area (Å²) in [5.41, 5.74) is 4.71.